The van der Waals surface area contributed by atoms with E-state index in [1.807, 2.05) is 0 Å². The van der Waals surface area contributed by atoms with E-state index in [0.717, 1.165) is 58.9 Å². The van der Waals surface area contributed by atoms with Gasteiger partial charge in [-0.25, -0.2) is 0 Å². The van der Waals surface area contributed by atoms with Gasteiger partial charge in [0.1, 0.15) is 11.5 Å². The molecule has 0 N–H and O–H groups in total. The van der Waals surface area contributed by atoms with Crippen LogP contribution in [0.25, 0.3) is 10.8 Å². The Labute approximate surface area is 255 Å². The van der Waals surface area contributed by atoms with E-state index in [1.165, 1.54) is 25.7 Å². The first-order valence-electron chi connectivity index (χ1n) is 16.3. The number of rotatable bonds is 14. The molecule has 0 aliphatic carbocycles. The Morgan fingerprint density at radius 3 is 1.14 bits per heavy atom. The van der Waals surface area contributed by atoms with Gasteiger partial charge in [-0.3, -0.25) is 0 Å². The van der Waals surface area contributed by atoms with Crippen molar-refractivity contribution in [3.05, 3.63) is 24.3 Å². The first-order chi connectivity index (χ1) is 19.7. The molecule has 0 aromatic heterocycles. The normalized spacial score (nSPS) is 20.4. The van der Waals surface area contributed by atoms with Crippen LogP contribution in [-0.2, 0) is 18.6 Å². The van der Waals surface area contributed by atoms with Crippen molar-refractivity contribution in [2.24, 2.45) is 0 Å². The molecule has 0 spiro atoms. The zero-order valence-corrected chi connectivity index (χ0v) is 28.0. The van der Waals surface area contributed by atoms with Gasteiger partial charge in [-0.1, -0.05) is 64.5 Å². The molecule has 0 bridgehead atoms. The predicted octanol–water partition coefficient (Wildman–Crippen LogP) is 7.36. The first-order valence-corrected chi connectivity index (χ1v) is 16.3. The second kappa shape index (κ2) is 13.1. The van der Waals surface area contributed by atoms with E-state index in [2.05, 4.69) is 93.5 Å². The second-order valence-electron chi connectivity index (χ2n) is 14.0. The van der Waals surface area contributed by atoms with Gasteiger partial charge in [0.15, 0.2) is 0 Å². The van der Waals surface area contributed by atoms with Gasteiger partial charge >= 0.3 is 14.2 Å². The first kappa shape index (κ1) is 33.2. The van der Waals surface area contributed by atoms with Crippen LogP contribution in [0.15, 0.2) is 24.3 Å². The van der Waals surface area contributed by atoms with E-state index < -0.39 is 36.6 Å². The standard InChI is InChI=1S/C34H54B2O6/c1-11-13-15-17-23-37-27-21-19-26-25(29(27)35-39-31(3,4)32(5,6)40-35)20-22-28(38-24-18-16-14-12-2)30(26)36-41-33(7,8)34(9,10)42-36/h19-22H,11-18,23-24H2,1-10H3. The van der Waals surface area contributed by atoms with Crippen LogP contribution in [0.1, 0.15) is 121 Å². The molecule has 2 aliphatic rings. The van der Waals surface area contributed by atoms with Gasteiger partial charge < -0.3 is 28.1 Å². The molecule has 0 unspecified atom stereocenters. The Morgan fingerprint density at radius 1 is 0.500 bits per heavy atom. The highest BCUT2D eigenvalue weighted by molar-refractivity contribution is 6.69. The maximum absolute atomic E-state index is 6.61. The SMILES string of the molecule is CCCCCCOc1ccc2c(B3OC(C)(C)C(C)(C)O3)c(OCCCCCC)ccc2c1B1OC(C)(C)C(C)(C)O1. The fourth-order valence-corrected chi connectivity index (χ4v) is 5.49. The van der Waals surface area contributed by atoms with Crippen LogP contribution >= 0.6 is 0 Å². The quantitative estimate of drug-likeness (QED) is 0.172. The summed E-state index contributed by atoms with van der Waals surface area (Å²) in [7, 11) is -1.15. The minimum atomic E-state index is -0.573. The monoisotopic (exact) mass is 580 g/mol. The molecule has 2 saturated heterocycles. The summed E-state index contributed by atoms with van der Waals surface area (Å²) in [5, 5.41) is 2.00. The molecule has 2 fully saturated rings. The molecule has 232 valence electrons. The third-order valence-electron chi connectivity index (χ3n) is 9.69. The van der Waals surface area contributed by atoms with E-state index in [-0.39, 0.29) is 0 Å². The van der Waals surface area contributed by atoms with Crippen molar-refractivity contribution < 1.29 is 28.1 Å². The summed E-state index contributed by atoms with van der Waals surface area (Å²) in [5.41, 5.74) is -0.0894. The summed E-state index contributed by atoms with van der Waals surface area (Å²) >= 11 is 0. The molecule has 6 nitrogen and oxygen atoms in total. The van der Waals surface area contributed by atoms with Crippen LogP contribution in [0.5, 0.6) is 11.5 Å². The van der Waals surface area contributed by atoms with Crippen LogP contribution in [0, 0.1) is 0 Å². The van der Waals surface area contributed by atoms with Crippen LogP contribution in [-0.4, -0.2) is 49.9 Å². The summed E-state index contributed by atoms with van der Waals surface area (Å²) in [6.07, 6.45) is 9.15. The van der Waals surface area contributed by atoms with Crippen molar-refractivity contribution in [3.63, 3.8) is 0 Å². The van der Waals surface area contributed by atoms with Crippen molar-refractivity contribution in [1.29, 1.82) is 0 Å². The molecular formula is C34H54B2O6. The van der Waals surface area contributed by atoms with Crippen LogP contribution < -0.4 is 20.4 Å². The van der Waals surface area contributed by atoms with Gasteiger partial charge in [0.2, 0.25) is 0 Å². The Morgan fingerprint density at radius 2 is 0.833 bits per heavy atom. The third-order valence-corrected chi connectivity index (χ3v) is 9.69. The van der Waals surface area contributed by atoms with Crippen LogP contribution in [0.4, 0.5) is 0 Å². The highest BCUT2D eigenvalue weighted by Gasteiger charge is 2.55. The lowest BCUT2D eigenvalue weighted by molar-refractivity contribution is 0.00578. The van der Waals surface area contributed by atoms with Gasteiger partial charge in [0, 0.05) is 10.9 Å². The highest BCUT2D eigenvalue weighted by atomic mass is 16.7. The molecule has 4 rings (SSSR count). The third kappa shape index (κ3) is 6.82. The topological polar surface area (TPSA) is 55.4 Å². The lowest BCUT2D eigenvalue weighted by Gasteiger charge is -2.32. The number of benzene rings is 2. The molecule has 8 heteroatoms. The molecule has 2 heterocycles. The van der Waals surface area contributed by atoms with E-state index in [9.17, 15) is 0 Å². The van der Waals surface area contributed by atoms with Crippen molar-refractivity contribution in [3.8, 4) is 11.5 Å². The fraction of sp³-hybridized carbons (Fsp3) is 0.706. The summed E-state index contributed by atoms with van der Waals surface area (Å²) in [6, 6.07) is 8.36. The fourth-order valence-electron chi connectivity index (χ4n) is 5.49. The van der Waals surface area contributed by atoms with Gasteiger partial charge in [-0.2, -0.15) is 0 Å². The van der Waals surface area contributed by atoms with Gasteiger partial charge in [-0.15, -0.1) is 0 Å². The lowest BCUT2D eigenvalue weighted by Crippen LogP contribution is -2.41. The molecular weight excluding hydrogens is 526 g/mol. The summed E-state index contributed by atoms with van der Waals surface area (Å²) in [4.78, 5) is 0. The minimum Gasteiger partial charge on any atom is -0.494 e. The zero-order chi connectivity index (χ0) is 30.8. The van der Waals surface area contributed by atoms with E-state index in [0.29, 0.717) is 13.2 Å². The Bertz CT molecular complexity index is 1080. The number of fused-ring (bicyclic) bond motifs is 1. The van der Waals surface area contributed by atoms with Crippen molar-refractivity contribution >= 4 is 35.9 Å². The smallest absolute Gasteiger partial charge is 0.494 e. The van der Waals surface area contributed by atoms with Gasteiger partial charge in [0.05, 0.1) is 35.6 Å². The number of ether oxygens (including phenoxy) is 2. The van der Waals surface area contributed by atoms with Crippen molar-refractivity contribution in [1.82, 2.24) is 0 Å². The van der Waals surface area contributed by atoms with Crippen molar-refractivity contribution in [2.75, 3.05) is 13.2 Å². The average molecular weight is 580 g/mol. The van der Waals surface area contributed by atoms with Gasteiger partial charge in [-0.05, 0) is 91.1 Å². The number of hydrogen-bond donors (Lipinski definition) is 0. The maximum Gasteiger partial charge on any atom is 0.499 e. The van der Waals surface area contributed by atoms with Crippen LogP contribution in [0.3, 0.4) is 0 Å². The number of unbranched alkanes of at least 4 members (excludes halogenated alkanes) is 6. The summed E-state index contributed by atoms with van der Waals surface area (Å²) in [5.74, 6) is 1.59. The van der Waals surface area contributed by atoms with E-state index in [1.54, 1.807) is 0 Å². The summed E-state index contributed by atoms with van der Waals surface area (Å²) in [6.45, 7) is 22.5. The summed E-state index contributed by atoms with van der Waals surface area (Å²) < 4.78 is 39.3. The van der Waals surface area contributed by atoms with E-state index in [4.69, 9.17) is 28.1 Å². The van der Waals surface area contributed by atoms with Gasteiger partial charge in [0.25, 0.3) is 0 Å². The highest BCUT2D eigenvalue weighted by Crippen LogP contribution is 2.40. The predicted molar refractivity (Wildman–Crippen MR) is 175 cm³/mol. The second-order valence-corrected chi connectivity index (χ2v) is 14.0. The average Bonchev–Trinajstić information content (AvgIpc) is 3.26. The molecule has 2 aromatic carbocycles. The maximum atomic E-state index is 6.61. The Balaban J connectivity index is 1.81. The molecule has 0 radical (unpaired) electrons. The molecule has 42 heavy (non-hydrogen) atoms. The zero-order valence-electron chi connectivity index (χ0n) is 28.0. The van der Waals surface area contributed by atoms with E-state index >= 15 is 0 Å². The number of hydrogen-bond acceptors (Lipinski definition) is 6. The largest absolute Gasteiger partial charge is 0.499 e. The lowest BCUT2D eigenvalue weighted by atomic mass is 9.70. The molecule has 0 atom stereocenters. The molecule has 2 aromatic rings. The Kier molecular flexibility index (Phi) is 10.3. The molecule has 0 saturated carbocycles. The van der Waals surface area contributed by atoms with Crippen molar-refractivity contribution in [2.45, 2.75) is 143 Å². The van der Waals surface area contributed by atoms with Crippen LogP contribution in [0.2, 0.25) is 0 Å². The molecule has 2 aliphatic heterocycles. The molecule has 0 amide bonds. The minimum absolute atomic E-state index is 0.478. The Hall–Kier alpha value is -1.73.